The number of benzene rings is 2. The number of carbonyl (C=O) groups is 1. The number of nitrogen functional groups attached to an aromatic ring is 1. The van der Waals surface area contributed by atoms with Gasteiger partial charge >= 0.3 is 6.03 Å². The van der Waals surface area contributed by atoms with E-state index in [4.69, 9.17) is 15.5 Å². The van der Waals surface area contributed by atoms with Crippen molar-refractivity contribution in [3.05, 3.63) is 65.7 Å². The van der Waals surface area contributed by atoms with Crippen LogP contribution in [0, 0.1) is 0 Å². The fraction of sp³-hybridized carbons (Fsp3) is 0.208. The molecule has 164 valence electrons. The Morgan fingerprint density at radius 2 is 1.91 bits per heavy atom. The fourth-order valence-corrected chi connectivity index (χ4v) is 4.21. The zero-order valence-electron chi connectivity index (χ0n) is 18.3. The first kappa shape index (κ1) is 21.7. The van der Waals surface area contributed by atoms with E-state index in [-0.39, 0.29) is 6.03 Å². The molecule has 0 aliphatic carbocycles. The summed E-state index contributed by atoms with van der Waals surface area (Å²) in [4.78, 5) is 26.0. The molecule has 0 saturated heterocycles. The number of thioether (sulfide) groups is 1. The number of anilines is 4. The van der Waals surface area contributed by atoms with Crippen LogP contribution in [0.15, 0.2) is 64.6 Å². The number of pyridine rings is 1. The number of fused-ring (bicyclic) bond motifs is 1. The lowest BCUT2D eigenvalue weighted by atomic mass is 10.1. The number of urea groups is 1. The molecule has 8 heteroatoms. The standard InChI is InChI=1S/C24H25N5O2S/c1-4-32-22-12-5-16-15-28(19-8-11-21(25)17(13-19)14-26-2)24(30)29(23(16)27-22)18-6-9-20(31-3)10-7-18/h5-14H,4,15,25H2,1-3H3. The van der Waals surface area contributed by atoms with E-state index in [1.54, 1.807) is 48.0 Å². The number of hydrogen-bond donors (Lipinski definition) is 1. The molecule has 0 spiro atoms. The van der Waals surface area contributed by atoms with Crippen molar-refractivity contribution in [3.8, 4) is 5.75 Å². The molecule has 0 radical (unpaired) electrons. The Balaban J connectivity index is 1.82. The average Bonchev–Trinajstić information content (AvgIpc) is 2.81. The third kappa shape index (κ3) is 4.13. The summed E-state index contributed by atoms with van der Waals surface area (Å²) in [5.74, 6) is 2.28. The van der Waals surface area contributed by atoms with Crippen LogP contribution in [0.5, 0.6) is 5.75 Å². The molecule has 2 N–H and O–H groups in total. The first-order valence-electron chi connectivity index (χ1n) is 10.3. The molecule has 3 aromatic rings. The van der Waals surface area contributed by atoms with Crippen LogP contribution in [0.25, 0.3) is 0 Å². The second kappa shape index (κ2) is 9.32. The summed E-state index contributed by atoms with van der Waals surface area (Å²) in [6.45, 7) is 2.50. The van der Waals surface area contributed by atoms with E-state index in [0.29, 0.717) is 18.1 Å². The van der Waals surface area contributed by atoms with Crippen LogP contribution in [0.3, 0.4) is 0 Å². The minimum Gasteiger partial charge on any atom is -0.497 e. The van der Waals surface area contributed by atoms with Gasteiger partial charge in [-0.15, -0.1) is 11.8 Å². The van der Waals surface area contributed by atoms with Crippen LogP contribution in [-0.4, -0.2) is 37.1 Å². The number of amides is 2. The molecule has 32 heavy (non-hydrogen) atoms. The Morgan fingerprint density at radius 1 is 1.16 bits per heavy atom. The van der Waals surface area contributed by atoms with Gasteiger partial charge in [0.05, 0.1) is 24.4 Å². The van der Waals surface area contributed by atoms with E-state index in [0.717, 1.165) is 39.0 Å². The number of rotatable bonds is 6. The fourth-order valence-electron chi connectivity index (χ4n) is 3.60. The Morgan fingerprint density at radius 3 is 2.59 bits per heavy atom. The average molecular weight is 448 g/mol. The number of ether oxygens (including phenoxy) is 1. The van der Waals surface area contributed by atoms with Crippen LogP contribution >= 0.6 is 11.8 Å². The lowest BCUT2D eigenvalue weighted by Crippen LogP contribution is -2.45. The predicted molar refractivity (Wildman–Crippen MR) is 132 cm³/mol. The quantitative estimate of drug-likeness (QED) is 0.322. The molecular weight excluding hydrogens is 422 g/mol. The molecule has 2 amide bonds. The third-order valence-electron chi connectivity index (χ3n) is 5.17. The Labute approximate surface area is 191 Å². The highest BCUT2D eigenvalue weighted by Crippen LogP contribution is 2.38. The van der Waals surface area contributed by atoms with Gasteiger partial charge in [0.1, 0.15) is 11.6 Å². The van der Waals surface area contributed by atoms with Crippen molar-refractivity contribution < 1.29 is 9.53 Å². The van der Waals surface area contributed by atoms with Crippen LogP contribution in [0.2, 0.25) is 0 Å². The minimum atomic E-state index is -0.182. The van der Waals surface area contributed by atoms with Gasteiger partial charge in [-0.2, -0.15) is 0 Å². The highest BCUT2D eigenvalue weighted by atomic mass is 32.2. The Kier molecular flexibility index (Phi) is 6.32. The number of carbonyl (C=O) groups excluding carboxylic acids is 1. The summed E-state index contributed by atoms with van der Waals surface area (Å²) < 4.78 is 5.28. The van der Waals surface area contributed by atoms with Crippen molar-refractivity contribution in [2.75, 3.05) is 35.4 Å². The van der Waals surface area contributed by atoms with Gasteiger partial charge in [-0.3, -0.25) is 9.89 Å². The van der Waals surface area contributed by atoms with Gasteiger partial charge in [0.25, 0.3) is 0 Å². The van der Waals surface area contributed by atoms with Gasteiger partial charge in [-0.25, -0.2) is 14.7 Å². The summed E-state index contributed by atoms with van der Waals surface area (Å²) in [5.41, 5.74) is 9.89. The number of aliphatic imine (C=N–C) groups is 1. The number of nitrogens with two attached hydrogens (primary N) is 1. The van der Waals surface area contributed by atoms with Crippen molar-refractivity contribution >= 4 is 46.9 Å². The largest absolute Gasteiger partial charge is 0.497 e. The lowest BCUT2D eigenvalue weighted by molar-refractivity contribution is 0.252. The monoisotopic (exact) mass is 447 g/mol. The molecular formula is C24H25N5O2S. The highest BCUT2D eigenvalue weighted by molar-refractivity contribution is 7.99. The Bertz CT molecular complexity index is 1160. The van der Waals surface area contributed by atoms with E-state index >= 15 is 0 Å². The highest BCUT2D eigenvalue weighted by Gasteiger charge is 2.34. The van der Waals surface area contributed by atoms with Crippen LogP contribution in [0.1, 0.15) is 18.1 Å². The summed E-state index contributed by atoms with van der Waals surface area (Å²) in [5, 5.41) is 0.889. The number of nitrogens with zero attached hydrogens (tertiary/aromatic N) is 4. The molecule has 0 bridgehead atoms. The maximum atomic E-state index is 13.8. The Hall–Kier alpha value is -3.52. The molecule has 1 aromatic heterocycles. The predicted octanol–water partition coefficient (Wildman–Crippen LogP) is 5.11. The van der Waals surface area contributed by atoms with Gasteiger partial charge in [0, 0.05) is 35.8 Å². The van der Waals surface area contributed by atoms with Crippen LogP contribution < -0.4 is 20.3 Å². The molecule has 0 fully saturated rings. The van der Waals surface area contributed by atoms with Gasteiger partial charge in [-0.1, -0.05) is 13.0 Å². The molecule has 2 heterocycles. The zero-order valence-corrected chi connectivity index (χ0v) is 19.1. The van der Waals surface area contributed by atoms with Crippen molar-refractivity contribution in [2.24, 2.45) is 4.99 Å². The maximum Gasteiger partial charge on any atom is 0.335 e. The van der Waals surface area contributed by atoms with Gasteiger partial charge in [-0.05, 0) is 54.3 Å². The molecule has 1 aliphatic rings. The zero-order chi connectivity index (χ0) is 22.7. The molecule has 0 saturated carbocycles. The topological polar surface area (TPSA) is 84.1 Å². The van der Waals surface area contributed by atoms with Crippen molar-refractivity contribution in [2.45, 2.75) is 18.5 Å². The number of aromatic nitrogens is 1. The van der Waals surface area contributed by atoms with E-state index in [9.17, 15) is 4.79 Å². The summed E-state index contributed by atoms with van der Waals surface area (Å²) in [6.07, 6.45) is 1.69. The van der Waals surface area contributed by atoms with Crippen LogP contribution in [0.4, 0.5) is 27.7 Å². The number of methoxy groups -OCH3 is 1. The van der Waals surface area contributed by atoms with E-state index in [1.807, 2.05) is 48.5 Å². The summed E-state index contributed by atoms with van der Waals surface area (Å²) >= 11 is 1.65. The molecule has 0 unspecified atom stereocenters. The normalized spacial score (nSPS) is 13.5. The molecule has 7 nitrogen and oxygen atoms in total. The smallest absolute Gasteiger partial charge is 0.335 e. The van der Waals surface area contributed by atoms with Crippen molar-refractivity contribution in [3.63, 3.8) is 0 Å². The molecule has 0 atom stereocenters. The van der Waals surface area contributed by atoms with Gasteiger partial charge < -0.3 is 10.5 Å². The second-order valence-electron chi connectivity index (χ2n) is 7.17. The van der Waals surface area contributed by atoms with Gasteiger partial charge in [0.2, 0.25) is 0 Å². The first-order valence-corrected chi connectivity index (χ1v) is 11.2. The summed E-state index contributed by atoms with van der Waals surface area (Å²) in [6, 6.07) is 16.8. The third-order valence-corrected chi connectivity index (χ3v) is 5.98. The van der Waals surface area contributed by atoms with E-state index < -0.39 is 0 Å². The van der Waals surface area contributed by atoms with Crippen molar-refractivity contribution in [1.29, 1.82) is 0 Å². The SMILES string of the molecule is CCSc1ccc2c(n1)N(c1ccc(OC)cc1)C(=O)N(c1ccc(N)c(C=NC)c1)C2. The molecule has 1 aliphatic heterocycles. The maximum absolute atomic E-state index is 13.8. The van der Waals surface area contributed by atoms with Crippen LogP contribution in [-0.2, 0) is 6.54 Å². The van der Waals surface area contributed by atoms with Gasteiger partial charge in [0.15, 0.2) is 0 Å². The molecule has 4 rings (SSSR count). The second-order valence-corrected chi connectivity index (χ2v) is 8.45. The number of hydrogen-bond acceptors (Lipinski definition) is 6. The minimum absolute atomic E-state index is 0.182. The van der Waals surface area contributed by atoms with E-state index in [2.05, 4.69) is 11.9 Å². The van der Waals surface area contributed by atoms with E-state index in [1.165, 1.54) is 0 Å². The first-order chi connectivity index (χ1) is 15.5. The molecule has 2 aromatic carbocycles. The summed E-state index contributed by atoms with van der Waals surface area (Å²) in [7, 11) is 3.31. The lowest BCUT2D eigenvalue weighted by Gasteiger charge is -2.36. The van der Waals surface area contributed by atoms with Crippen molar-refractivity contribution in [1.82, 2.24) is 4.98 Å².